The Morgan fingerprint density at radius 1 is 1.17 bits per heavy atom. The summed E-state index contributed by atoms with van der Waals surface area (Å²) in [6.45, 7) is 11.5. The molecule has 0 bridgehead atoms. The SMILES string of the molecule is C=C(C)\C(=C/C(=C\C)C(/C=NC)=C\C)NC(C)=N. The highest BCUT2D eigenvalue weighted by Gasteiger charge is 2.03. The predicted molar refractivity (Wildman–Crippen MR) is 81.4 cm³/mol. The molecule has 0 aromatic heterocycles. The van der Waals surface area contributed by atoms with E-state index in [1.807, 2.05) is 45.2 Å². The van der Waals surface area contributed by atoms with E-state index in [1.165, 1.54) is 0 Å². The van der Waals surface area contributed by atoms with Gasteiger partial charge in [-0.25, -0.2) is 0 Å². The standard InChI is InChI=1S/C15H23N3/c1-7-13(14(8-2)10-17-6)9-15(11(3)4)18-12(5)16/h7-10H,3H2,1-2,4-6H3,(H2,16,18)/b13-7+,14-8-,15-9+,17-10?. The van der Waals surface area contributed by atoms with Gasteiger partial charge in [0.1, 0.15) is 0 Å². The minimum atomic E-state index is 0.394. The van der Waals surface area contributed by atoms with Crippen molar-refractivity contribution in [3.63, 3.8) is 0 Å². The third-order valence-corrected chi connectivity index (χ3v) is 2.31. The Labute approximate surface area is 110 Å². The zero-order valence-electron chi connectivity index (χ0n) is 12.0. The number of hydrogen-bond acceptors (Lipinski definition) is 2. The van der Waals surface area contributed by atoms with E-state index in [0.29, 0.717) is 5.84 Å². The van der Waals surface area contributed by atoms with Gasteiger partial charge in [0.05, 0.1) is 5.84 Å². The van der Waals surface area contributed by atoms with Gasteiger partial charge in [0.2, 0.25) is 0 Å². The van der Waals surface area contributed by atoms with Gasteiger partial charge in [0, 0.05) is 19.0 Å². The molecule has 98 valence electrons. The number of nitrogens with one attached hydrogen (secondary N) is 2. The van der Waals surface area contributed by atoms with Gasteiger partial charge < -0.3 is 5.32 Å². The van der Waals surface area contributed by atoms with Crippen molar-refractivity contribution in [1.82, 2.24) is 5.32 Å². The second kappa shape index (κ2) is 8.23. The van der Waals surface area contributed by atoms with E-state index in [-0.39, 0.29) is 0 Å². The van der Waals surface area contributed by atoms with E-state index < -0.39 is 0 Å². The highest BCUT2D eigenvalue weighted by Crippen LogP contribution is 2.14. The third kappa shape index (κ3) is 5.43. The Kier molecular flexibility index (Phi) is 7.36. The summed E-state index contributed by atoms with van der Waals surface area (Å²) in [6, 6.07) is 0. The maximum absolute atomic E-state index is 7.50. The number of hydrogen-bond donors (Lipinski definition) is 2. The van der Waals surface area contributed by atoms with Crippen LogP contribution in [0.2, 0.25) is 0 Å². The molecule has 0 rings (SSSR count). The Hall–Kier alpha value is -1.90. The molecule has 3 heteroatoms. The molecule has 0 heterocycles. The van der Waals surface area contributed by atoms with E-state index in [0.717, 1.165) is 22.4 Å². The molecule has 0 fully saturated rings. The van der Waals surface area contributed by atoms with Crippen molar-refractivity contribution in [2.24, 2.45) is 4.99 Å². The van der Waals surface area contributed by atoms with E-state index in [2.05, 4.69) is 16.9 Å². The molecule has 0 unspecified atom stereocenters. The zero-order chi connectivity index (χ0) is 14.1. The maximum Gasteiger partial charge on any atom is 0.0944 e. The molecule has 0 saturated heterocycles. The molecule has 3 nitrogen and oxygen atoms in total. The second-order valence-electron chi connectivity index (χ2n) is 3.96. The molecular weight excluding hydrogens is 222 g/mol. The monoisotopic (exact) mass is 245 g/mol. The molecule has 0 aromatic rings. The lowest BCUT2D eigenvalue weighted by molar-refractivity contribution is 1.09. The number of allylic oxidation sites excluding steroid dienone is 6. The maximum atomic E-state index is 7.50. The molecule has 0 aromatic carbocycles. The first-order chi connectivity index (χ1) is 8.46. The molecule has 0 aliphatic carbocycles. The highest BCUT2D eigenvalue weighted by atomic mass is 14.9. The predicted octanol–water partition coefficient (Wildman–Crippen LogP) is 3.63. The average molecular weight is 245 g/mol. The van der Waals surface area contributed by atoms with Crippen molar-refractivity contribution < 1.29 is 0 Å². The Morgan fingerprint density at radius 3 is 2.06 bits per heavy atom. The summed E-state index contributed by atoms with van der Waals surface area (Å²) in [7, 11) is 1.75. The van der Waals surface area contributed by atoms with E-state index in [1.54, 1.807) is 14.0 Å². The number of amidine groups is 1. The lowest BCUT2D eigenvalue weighted by Gasteiger charge is -2.11. The minimum absolute atomic E-state index is 0.394. The molecule has 0 amide bonds. The summed E-state index contributed by atoms with van der Waals surface area (Å²) in [5.74, 6) is 0.394. The first kappa shape index (κ1) is 16.1. The van der Waals surface area contributed by atoms with Crippen LogP contribution < -0.4 is 5.32 Å². The Morgan fingerprint density at radius 2 is 1.72 bits per heavy atom. The van der Waals surface area contributed by atoms with Crippen LogP contribution in [-0.2, 0) is 0 Å². The Bertz CT molecular complexity index is 435. The smallest absolute Gasteiger partial charge is 0.0944 e. The highest BCUT2D eigenvalue weighted by molar-refractivity contribution is 5.86. The van der Waals surface area contributed by atoms with Crippen LogP contribution in [0, 0.1) is 5.41 Å². The van der Waals surface area contributed by atoms with Gasteiger partial charge in [-0.3, -0.25) is 10.4 Å². The summed E-state index contributed by atoms with van der Waals surface area (Å²) >= 11 is 0. The fraction of sp³-hybridized carbons (Fsp3) is 0.333. The van der Waals surface area contributed by atoms with Gasteiger partial charge in [-0.15, -0.1) is 0 Å². The summed E-state index contributed by atoms with van der Waals surface area (Å²) in [4.78, 5) is 4.04. The van der Waals surface area contributed by atoms with Crippen LogP contribution in [0.1, 0.15) is 27.7 Å². The van der Waals surface area contributed by atoms with Crippen molar-refractivity contribution in [1.29, 1.82) is 5.41 Å². The molecule has 0 spiro atoms. The molecule has 0 aliphatic rings. The first-order valence-electron chi connectivity index (χ1n) is 5.91. The molecule has 0 aliphatic heterocycles. The van der Waals surface area contributed by atoms with Crippen LogP contribution in [0.4, 0.5) is 0 Å². The van der Waals surface area contributed by atoms with Crippen molar-refractivity contribution >= 4 is 12.1 Å². The van der Waals surface area contributed by atoms with Crippen molar-refractivity contribution in [3.05, 3.63) is 47.2 Å². The summed E-state index contributed by atoms with van der Waals surface area (Å²) in [5.41, 5.74) is 3.84. The second-order valence-corrected chi connectivity index (χ2v) is 3.96. The lowest BCUT2D eigenvalue weighted by atomic mass is 10.0. The van der Waals surface area contributed by atoms with Gasteiger partial charge in [-0.2, -0.15) is 0 Å². The van der Waals surface area contributed by atoms with Crippen LogP contribution in [0.15, 0.2) is 52.2 Å². The van der Waals surface area contributed by atoms with Gasteiger partial charge >= 0.3 is 0 Å². The Balaban J connectivity index is 5.42. The molecule has 0 atom stereocenters. The molecule has 2 N–H and O–H groups in total. The molecular formula is C15H23N3. The van der Waals surface area contributed by atoms with Gasteiger partial charge in [0.25, 0.3) is 0 Å². The summed E-state index contributed by atoms with van der Waals surface area (Å²) in [6.07, 6.45) is 7.82. The van der Waals surface area contributed by atoms with Crippen molar-refractivity contribution in [2.75, 3.05) is 7.05 Å². The zero-order valence-corrected chi connectivity index (χ0v) is 12.0. The van der Waals surface area contributed by atoms with Gasteiger partial charge in [-0.1, -0.05) is 18.7 Å². The average Bonchev–Trinajstić information content (AvgIpc) is 2.31. The van der Waals surface area contributed by atoms with Gasteiger partial charge in [0.15, 0.2) is 0 Å². The summed E-state index contributed by atoms with van der Waals surface area (Å²) in [5, 5.41) is 10.5. The fourth-order valence-corrected chi connectivity index (χ4v) is 1.41. The molecule has 0 radical (unpaired) electrons. The van der Waals surface area contributed by atoms with Crippen molar-refractivity contribution in [2.45, 2.75) is 27.7 Å². The van der Waals surface area contributed by atoms with Crippen LogP contribution in [0.3, 0.4) is 0 Å². The van der Waals surface area contributed by atoms with Crippen LogP contribution in [0.25, 0.3) is 0 Å². The van der Waals surface area contributed by atoms with E-state index in [9.17, 15) is 0 Å². The first-order valence-corrected chi connectivity index (χ1v) is 5.91. The van der Waals surface area contributed by atoms with Crippen LogP contribution in [-0.4, -0.2) is 19.1 Å². The quantitative estimate of drug-likeness (QED) is 0.434. The number of aliphatic imine (C=N–C) groups is 1. The normalized spacial score (nSPS) is 13.9. The van der Waals surface area contributed by atoms with E-state index >= 15 is 0 Å². The fourth-order valence-electron chi connectivity index (χ4n) is 1.41. The third-order valence-electron chi connectivity index (χ3n) is 2.31. The van der Waals surface area contributed by atoms with Crippen molar-refractivity contribution in [3.8, 4) is 0 Å². The number of rotatable bonds is 5. The lowest BCUT2D eigenvalue weighted by Crippen LogP contribution is -2.19. The largest absolute Gasteiger partial charge is 0.344 e. The van der Waals surface area contributed by atoms with Crippen LogP contribution >= 0.6 is 0 Å². The van der Waals surface area contributed by atoms with E-state index in [4.69, 9.17) is 5.41 Å². The number of nitrogens with zero attached hydrogens (tertiary/aromatic N) is 1. The minimum Gasteiger partial charge on any atom is -0.344 e. The van der Waals surface area contributed by atoms with Crippen LogP contribution in [0.5, 0.6) is 0 Å². The molecule has 18 heavy (non-hydrogen) atoms. The van der Waals surface area contributed by atoms with Gasteiger partial charge in [-0.05, 0) is 50.5 Å². The topological polar surface area (TPSA) is 48.2 Å². The molecule has 0 saturated carbocycles. The summed E-state index contributed by atoms with van der Waals surface area (Å²) < 4.78 is 0.